The minimum atomic E-state index is -0.661. The predicted octanol–water partition coefficient (Wildman–Crippen LogP) is 18.0. The first kappa shape index (κ1) is 62.7. The Hall–Kier alpha value is -5.26. The SMILES string of the molecule is CC/C=C\C/C=C\C/C=C\C/C=C\C/C=C\C/C=C\CCC(=O)OCC(COCCCC/C=C\C/C=C\C/C=C\C/C=C\C/C=C\CC)OC(=O)C/C=C\C/C=C\C/C=C\C/C=C\C/C=C\CC. The first-order valence-corrected chi connectivity index (χ1v) is 26.0. The van der Waals surface area contributed by atoms with Crippen molar-refractivity contribution in [2.24, 2.45) is 0 Å². The molecule has 0 aromatic heterocycles. The zero-order valence-corrected chi connectivity index (χ0v) is 42.8. The fourth-order valence-electron chi connectivity index (χ4n) is 5.93. The molecule has 5 nitrogen and oxygen atoms in total. The third kappa shape index (κ3) is 53.4. The number of esters is 2. The van der Waals surface area contributed by atoms with E-state index in [0.29, 0.717) is 13.0 Å². The Balaban J connectivity index is 4.64. The smallest absolute Gasteiger partial charge is 0.310 e. The van der Waals surface area contributed by atoms with Crippen LogP contribution in [0.15, 0.2) is 194 Å². The Labute approximate surface area is 416 Å². The van der Waals surface area contributed by atoms with Crippen LogP contribution in [0.5, 0.6) is 0 Å². The number of unbranched alkanes of at least 4 members (excludes halogenated alkanes) is 2. The molecular weight excluding hydrogens is 837 g/mol. The van der Waals surface area contributed by atoms with E-state index in [-0.39, 0.29) is 38.0 Å². The summed E-state index contributed by atoms with van der Waals surface area (Å²) >= 11 is 0. The van der Waals surface area contributed by atoms with Crippen LogP contribution in [-0.2, 0) is 23.8 Å². The van der Waals surface area contributed by atoms with Crippen molar-refractivity contribution in [1.29, 1.82) is 0 Å². The van der Waals surface area contributed by atoms with Gasteiger partial charge in [0.2, 0.25) is 0 Å². The van der Waals surface area contributed by atoms with Gasteiger partial charge in [-0.1, -0.05) is 215 Å². The Morgan fingerprint density at radius 2 is 0.647 bits per heavy atom. The van der Waals surface area contributed by atoms with Gasteiger partial charge in [0, 0.05) is 13.0 Å². The standard InChI is InChI=1S/C63H92O5/c1-4-7-10-13-16-19-22-25-28-30-32-33-36-38-41-44-47-50-53-56-62(64)67-60-61(68-63(65)57-54-51-48-45-42-39-35-27-24-21-18-15-12-9-6-3)59-66-58-55-52-49-46-43-40-37-34-31-29-26-23-20-17-14-11-8-5-2/h7-12,16-21,25-29,32-35,37-38,41-43,45-47,50-51,54,61H,4-6,13-15,22-24,30-31,36,39-40,44,48-49,52-53,55-60H2,1-3H3/b10-7-,11-8-,12-9-,19-16-,20-17-,21-18-,28-25-,29-26-,33-32-,35-27-,37-34-,41-38-,45-42-,46-43-,50-47-,54-51-. The Kier molecular flexibility index (Phi) is 51.7. The Morgan fingerprint density at radius 3 is 1.00 bits per heavy atom. The Morgan fingerprint density at radius 1 is 0.338 bits per heavy atom. The third-order valence-electron chi connectivity index (χ3n) is 9.65. The number of allylic oxidation sites excluding steroid dienone is 31. The van der Waals surface area contributed by atoms with Crippen LogP contribution in [0.2, 0.25) is 0 Å². The highest BCUT2D eigenvalue weighted by molar-refractivity contribution is 5.71. The lowest BCUT2D eigenvalue weighted by Gasteiger charge is -2.18. The number of rotatable bonds is 44. The molecule has 0 heterocycles. The van der Waals surface area contributed by atoms with Crippen LogP contribution >= 0.6 is 0 Å². The second-order valence-corrected chi connectivity index (χ2v) is 15.9. The summed E-state index contributed by atoms with van der Waals surface area (Å²) in [6.45, 7) is 7.15. The second-order valence-electron chi connectivity index (χ2n) is 15.9. The minimum Gasteiger partial charge on any atom is -0.462 e. The van der Waals surface area contributed by atoms with E-state index in [0.717, 1.165) is 122 Å². The van der Waals surface area contributed by atoms with Crippen molar-refractivity contribution >= 4 is 11.9 Å². The average Bonchev–Trinajstić information content (AvgIpc) is 3.34. The van der Waals surface area contributed by atoms with Crippen molar-refractivity contribution in [1.82, 2.24) is 0 Å². The quantitative estimate of drug-likeness (QED) is 0.0346. The van der Waals surface area contributed by atoms with Gasteiger partial charge in [-0.05, 0) is 128 Å². The van der Waals surface area contributed by atoms with Gasteiger partial charge in [-0.2, -0.15) is 0 Å². The molecule has 0 radical (unpaired) electrons. The summed E-state index contributed by atoms with van der Waals surface area (Å²) < 4.78 is 17.2. The molecule has 0 N–H and O–H groups in total. The van der Waals surface area contributed by atoms with Gasteiger partial charge in [0.05, 0.1) is 13.0 Å². The van der Waals surface area contributed by atoms with Crippen molar-refractivity contribution in [2.45, 2.75) is 168 Å². The first-order chi connectivity index (χ1) is 33.6. The van der Waals surface area contributed by atoms with Crippen LogP contribution in [0.4, 0.5) is 0 Å². The normalized spacial score (nSPS) is 13.9. The molecule has 0 rings (SSSR count). The van der Waals surface area contributed by atoms with Gasteiger partial charge in [0.15, 0.2) is 6.10 Å². The molecule has 0 saturated heterocycles. The largest absolute Gasteiger partial charge is 0.462 e. The number of carbonyl (C=O) groups excluding carboxylic acids is 2. The highest BCUT2D eigenvalue weighted by atomic mass is 16.6. The number of carbonyl (C=O) groups is 2. The monoisotopic (exact) mass is 929 g/mol. The topological polar surface area (TPSA) is 61.8 Å². The van der Waals surface area contributed by atoms with E-state index in [4.69, 9.17) is 14.2 Å². The van der Waals surface area contributed by atoms with Gasteiger partial charge in [-0.3, -0.25) is 9.59 Å². The molecule has 1 atom stereocenters. The third-order valence-corrected chi connectivity index (χ3v) is 9.65. The summed E-state index contributed by atoms with van der Waals surface area (Å²) in [5.41, 5.74) is 0. The van der Waals surface area contributed by atoms with Gasteiger partial charge in [-0.25, -0.2) is 0 Å². The Bertz CT molecular complexity index is 1660. The molecule has 0 fully saturated rings. The maximum atomic E-state index is 12.8. The molecule has 0 bridgehead atoms. The van der Waals surface area contributed by atoms with E-state index in [2.05, 4.69) is 197 Å². The van der Waals surface area contributed by atoms with Gasteiger partial charge >= 0.3 is 11.9 Å². The number of hydrogen-bond acceptors (Lipinski definition) is 5. The zero-order chi connectivity index (χ0) is 49.2. The molecule has 0 aromatic rings. The van der Waals surface area contributed by atoms with Crippen LogP contribution < -0.4 is 0 Å². The predicted molar refractivity (Wildman–Crippen MR) is 296 cm³/mol. The average molecular weight is 929 g/mol. The maximum absolute atomic E-state index is 12.8. The summed E-state index contributed by atoms with van der Waals surface area (Å²) in [7, 11) is 0. The molecule has 0 amide bonds. The molecule has 0 aromatic carbocycles. The first-order valence-electron chi connectivity index (χ1n) is 26.0. The summed E-state index contributed by atoms with van der Waals surface area (Å²) in [6.07, 6.45) is 87.7. The van der Waals surface area contributed by atoms with Crippen molar-refractivity contribution in [2.75, 3.05) is 19.8 Å². The number of ether oxygens (including phenoxy) is 3. The van der Waals surface area contributed by atoms with Crippen LogP contribution in [0.25, 0.3) is 0 Å². The minimum absolute atomic E-state index is 0.0278. The van der Waals surface area contributed by atoms with Crippen molar-refractivity contribution in [3.05, 3.63) is 194 Å². The molecular formula is C63H92O5. The van der Waals surface area contributed by atoms with Gasteiger partial charge in [0.1, 0.15) is 6.61 Å². The molecule has 0 aliphatic carbocycles. The van der Waals surface area contributed by atoms with Crippen LogP contribution in [0, 0.1) is 0 Å². The van der Waals surface area contributed by atoms with Crippen LogP contribution in [0.3, 0.4) is 0 Å². The molecule has 0 aliphatic heterocycles. The van der Waals surface area contributed by atoms with Crippen molar-refractivity contribution in [3.63, 3.8) is 0 Å². The molecule has 374 valence electrons. The summed E-state index contributed by atoms with van der Waals surface area (Å²) in [5, 5.41) is 0. The van der Waals surface area contributed by atoms with E-state index in [1.165, 1.54) is 0 Å². The van der Waals surface area contributed by atoms with E-state index >= 15 is 0 Å². The van der Waals surface area contributed by atoms with E-state index in [9.17, 15) is 9.59 Å². The van der Waals surface area contributed by atoms with Crippen molar-refractivity contribution in [3.8, 4) is 0 Å². The van der Waals surface area contributed by atoms with Crippen LogP contribution in [0.1, 0.15) is 162 Å². The molecule has 1 unspecified atom stereocenters. The second kappa shape index (κ2) is 56.1. The number of hydrogen-bond donors (Lipinski definition) is 0. The highest BCUT2D eigenvalue weighted by Gasteiger charge is 2.17. The van der Waals surface area contributed by atoms with Gasteiger partial charge < -0.3 is 14.2 Å². The summed E-state index contributed by atoms with van der Waals surface area (Å²) in [4.78, 5) is 25.3. The highest BCUT2D eigenvalue weighted by Crippen LogP contribution is 2.06. The van der Waals surface area contributed by atoms with E-state index in [1.54, 1.807) is 0 Å². The summed E-state index contributed by atoms with van der Waals surface area (Å²) in [6, 6.07) is 0. The fraction of sp³-hybridized carbons (Fsp3) is 0.460. The maximum Gasteiger partial charge on any atom is 0.310 e. The van der Waals surface area contributed by atoms with Gasteiger partial charge in [0.25, 0.3) is 0 Å². The van der Waals surface area contributed by atoms with Crippen LogP contribution in [-0.4, -0.2) is 37.9 Å². The lowest BCUT2D eigenvalue weighted by Crippen LogP contribution is -2.29. The van der Waals surface area contributed by atoms with E-state index < -0.39 is 6.10 Å². The fourth-order valence-corrected chi connectivity index (χ4v) is 5.93. The molecule has 0 saturated carbocycles. The lowest BCUT2D eigenvalue weighted by molar-refractivity contribution is -0.162. The molecule has 68 heavy (non-hydrogen) atoms. The molecule has 0 spiro atoms. The molecule has 5 heteroatoms. The van der Waals surface area contributed by atoms with Crippen molar-refractivity contribution < 1.29 is 23.8 Å². The summed E-state index contributed by atoms with van der Waals surface area (Å²) in [5.74, 6) is -0.687. The van der Waals surface area contributed by atoms with E-state index in [1.807, 2.05) is 18.2 Å². The van der Waals surface area contributed by atoms with Gasteiger partial charge in [-0.15, -0.1) is 0 Å². The lowest BCUT2D eigenvalue weighted by atomic mass is 10.2. The molecule has 0 aliphatic rings. The zero-order valence-electron chi connectivity index (χ0n) is 42.8.